The summed E-state index contributed by atoms with van der Waals surface area (Å²) in [5.41, 5.74) is 6.85. The van der Waals surface area contributed by atoms with E-state index in [4.69, 9.17) is 13.9 Å². The Morgan fingerprint density at radius 2 is 1.29 bits per heavy atom. The van der Waals surface area contributed by atoms with E-state index in [0.29, 0.717) is 71.8 Å². The van der Waals surface area contributed by atoms with Crippen molar-refractivity contribution in [2.75, 3.05) is 25.7 Å². The van der Waals surface area contributed by atoms with Crippen LogP contribution in [-0.2, 0) is 30.7 Å². The zero-order valence-corrected chi connectivity index (χ0v) is 36.3. The third kappa shape index (κ3) is 9.65. The van der Waals surface area contributed by atoms with Crippen molar-refractivity contribution in [2.45, 2.75) is 32.4 Å². The minimum Gasteiger partial charge on any atom is -0.493 e. The third-order valence-corrected chi connectivity index (χ3v) is 11.8. The van der Waals surface area contributed by atoms with Crippen molar-refractivity contribution in [2.24, 2.45) is 0 Å². The molecule has 0 N–H and O–H groups in total. The molecule has 0 radical (unpaired) electrons. The van der Waals surface area contributed by atoms with Crippen LogP contribution in [0.15, 0.2) is 185 Å². The number of carbonyl (C=O) groups excluding carboxylic acids is 2. The lowest BCUT2D eigenvalue weighted by atomic mass is 10.0. The van der Waals surface area contributed by atoms with Gasteiger partial charge >= 0.3 is 0 Å². The SMILES string of the molecule is COc1ccc(CCC(=O)N(CCc2ccc(N(Cc3ccc4oc(-c5ccccc5)cc(=O)c4c3)C(=O)c3cnc4ccccc4c3)cc2)Cc2ccc3ccccc3c2)cc1OC. The Morgan fingerprint density at radius 3 is 2.09 bits per heavy atom. The van der Waals surface area contributed by atoms with Crippen molar-refractivity contribution in [1.82, 2.24) is 9.88 Å². The van der Waals surface area contributed by atoms with Crippen LogP contribution in [0.4, 0.5) is 5.69 Å². The second kappa shape index (κ2) is 19.1. The molecule has 2 amide bonds. The summed E-state index contributed by atoms with van der Waals surface area (Å²) in [5.74, 6) is 1.58. The summed E-state index contributed by atoms with van der Waals surface area (Å²) in [6, 6.07) is 54.3. The van der Waals surface area contributed by atoms with E-state index >= 15 is 0 Å². The fourth-order valence-corrected chi connectivity index (χ4v) is 8.25. The number of anilines is 1. The predicted molar refractivity (Wildman–Crippen MR) is 258 cm³/mol. The van der Waals surface area contributed by atoms with E-state index in [1.807, 2.05) is 126 Å². The zero-order chi connectivity index (χ0) is 44.7. The van der Waals surface area contributed by atoms with Gasteiger partial charge in [0.25, 0.3) is 5.91 Å². The molecule has 9 aromatic rings. The molecule has 0 fully saturated rings. The van der Waals surface area contributed by atoms with E-state index in [-0.39, 0.29) is 23.8 Å². The van der Waals surface area contributed by atoms with E-state index in [0.717, 1.165) is 49.5 Å². The lowest BCUT2D eigenvalue weighted by Crippen LogP contribution is -2.32. The number of methoxy groups -OCH3 is 2. The topological polar surface area (TPSA) is 102 Å². The summed E-state index contributed by atoms with van der Waals surface area (Å²) in [6.07, 6.45) is 3.09. The average Bonchev–Trinajstić information content (AvgIpc) is 3.36. The molecule has 0 atom stereocenters. The first kappa shape index (κ1) is 42.3. The van der Waals surface area contributed by atoms with E-state index in [9.17, 15) is 14.4 Å². The van der Waals surface area contributed by atoms with E-state index in [1.165, 1.54) is 6.07 Å². The number of aromatic nitrogens is 1. The van der Waals surface area contributed by atoms with E-state index < -0.39 is 0 Å². The molecule has 0 aliphatic carbocycles. The Morgan fingerprint density at radius 1 is 0.600 bits per heavy atom. The molecule has 0 unspecified atom stereocenters. The molecule has 65 heavy (non-hydrogen) atoms. The van der Waals surface area contributed by atoms with Crippen molar-refractivity contribution in [3.63, 3.8) is 0 Å². The summed E-state index contributed by atoms with van der Waals surface area (Å²) in [4.78, 5) is 50.3. The maximum atomic E-state index is 14.5. The summed E-state index contributed by atoms with van der Waals surface area (Å²) in [6.45, 7) is 1.15. The summed E-state index contributed by atoms with van der Waals surface area (Å²) in [7, 11) is 3.21. The monoisotopic (exact) mass is 857 g/mol. The Kier molecular flexibility index (Phi) is 12.5. The van der Waals surface area contributed by atoms with Crippen molar-refractivity contribution in [1.29, 1.82) is 0 Å². The smallest absolute Gasteiger partial charge is 0.260 e. The summed E-state index contributed by atoms with van der Waals surface area (Å²) in [5, 5.41) is 3.57. The summed E-state index contributed by atoms with van der Waals surface area (Å²) < 4.78 is 17.1. The maximum Gasteiger partial charge on any atom is 0.260 e. The fourth-order valence-electron chi connectivity index (χ4n) is 8.25. The molecule has 0 aliphatic heterocycles. The van der Waals surface area contributed by atoms with Gasteiger partial charge in [-0.2, -0.15) is 0 Å². The Hall–Kier alpha value is -8.04. The molecule has 0 bridgehead atoms. The quantitative estimate of drug-likeness (QED) is 0.101. The van der Waals surface area contributed by atoms with Crippen LogP contribution in [0, 0.1) is 0 Å². The number of ether oxygens (including phenoxy) is 2. The highest BCUT2D eigenvalue weighted by molar-refractivity contribution is 6.07. The number of rotatable bonds is 15. The normalized spacial score (nSPS) is 11.2. The number of pyridine rings is 1. The summed E-state index contributed by atoms with van der Waals surface area (Å²) >= 11 is 0. The lowest BCUT2D eigenvalue weighted by molar-refractivity contribution is -0.131. The highest BCUT2D eigenvalue weighted by Crippen LogP contribution is 2.29. The minimum absolute atomic E-state index is 0.0473. The molecule has 2 heterocycles. The van der Waals surface area contributed by atoms with Gasteiger partial charge in [0.1, 0.15) is 11.3 Å². The number of amides is 2. The van der Waals surface area contributed by atoms with Crippen molar-refractivity contribution < 1.29 is 23.5 Å². The van der Waals surface area contributed by atoms with Gasteiger partial charge in [0.15, 0.2) is 16.9 Å². The number of nitrogens with zero attached hydrogens (tertiary/aromatic N) is 3. The van der Waals surface area contributed by atoms with Gasteiger partial charge in [0.2, 0.25) is 5.91 Å². The highest BCUT2D eigenvalue weighted by Gasteiger charge is 2.21. The molecule has 0 aliphatic rings. The van der Waals surface area contributed by atoms with Gasteiger partial charge in [-0.1, -0.05) is 109 Å². The van der Waals surface area contributed by atoms with E-state index in [2.05, 4.69) is 35.3 Å². The molecular weight excluding hydrogens is 811 g/mol. The molecule has 9 heteroatoms. The Bertz CT molecular complexity index is 3220. The number of fused-ring (bicyclic) bond motifs is 3. The standard InChI is InChI=1S/C56H47N3O6/c1-63-52-26-19-39(32-54(52)64-2)21-27-55(61)58(36-40-16-22-42-10-6-7-13-44(42)30-40)29-28-38-17-23-47(24-18-38)59(56(62)46-33-45-14-8-9-15-49(45)57-35-46)37-41-20-25-51-48(31-41)50(60)34-53(65-51)43-11-4-3-5-12-43/h3-20,22-26,30-35H,21,27-29,36-37H2,1-2H3. The average molecular weight is 858 g/mol. The van der Waals surface area contributed by atoms with Crippen molar-refractivity contribution >= 4 is 50.1 Å². The second-order valence-electron chi connectivity index (χ2n) is 16.1. The van der Waals surface area contributed by atoms with Gasteiger partial charge < -0.3 is 23.7 Å². The van der Waals surface area contributed by atoms with Crippen LogP contribution >= 0.6 is 0 Å². The molecule has 322 valence electrons. The van der Waals surface area contributed by atoms with Crippen molar-refractivity contribution in [3.05, 3.63) is 214 Å². The lowest BCUT2D eigenvalue weighted by Gasteiger charge is -2.25. The number of para-hydroxylation sites is 1. The minimum atomic E-state index is -0.232. The van der Waals surface area contributed by atoms with Crippen molar-refractivity contribution in [3.8, 4) is 22.8 Å². The van der Waals surface area contributed by atoms with E-state index in [1.54, 1.807) is 37.4 Å². The van der Waals surface area contributed by atoms with Gasteiger partial charge in [-0.05, 0) is 100 Å². The highest BCUT2D eigenvalue weighted by atomic mass is 16.5. The zero-order valence-electron chi connectivity index (χ0n) is 36.3. The molecule has 9 nitrogen and oxygen atoms in total. The van der Waals surface area contributed by atoms with Gasteiger partial charge in [-0.15, -0.1) is 0 Å². The first-order chi connectivity index (χ1) is 31.8. The molecule has 0 saturated heterocycles. The van der Waals surface area contributed by atoms with Gasteiger partial charge in [0.05, 0.1) is 37.2 Å². The van der Waals surface area contributed by atoms with Gasteiger partial charge in [0, 0.05) is 48.4 Å². The fraction of sp³-hybridized carbons (Fsp3) is 0.143. The van der Waals surface area contributed by atoms with Gasteiger partial charge in [-0.25, -0.2) is 0 Å². The third-order valence-electron chi connectivity index (χ3n) is 11.8. The molecule has 9 rings (SSSR count). The molecule has 2 aromatic heterocycles. The largest absolute Gasteiger partial charge is 0.493 e. The van der Waals surface area contributed by atoms with Crippen LogP contribution in [0.5, 0.6) is 11.5 Å². The van der Waals surface area contributed by atoms with Crippen LogP contribution in [0.2, 0.25) is 0 Å². The van der Waals surface area contributed by atoms with Crippen LogP contribution in [0.25, 0.3) is 44.0 Å². The number of hydrogen-bond donors (Lipinski definition) is 0. The molecular formula is C56H47N3O6. The maximum absolute atomic E-state index is 14.5. The molecule has 7 aromatic carbocycles. The Labute approximate surface area is 377 Å². The number of carbonyl (C=O) groups is 2. The second-order valence-corrected chi connectivity index (χ2v) is 16.1. The van der Waals surface area contributed by atoms with Gasteiger partial charge in [-0.3, -0.25) is 19.4 Å². The first-order valence-electron chi connectivity index (χ1n) is 21.7. The number of hydrogen-bond acceptors (Lipinski definition) is 7. The van der Waals surface area contributed by atoms with Crippen LogP contribution in [0.1, 0.15) is 39.0 Å². The molecule has 0 spiro atoms. The number of aryl methyl sites for hydroxylation is 1. The molecule has 0 saturated carbocycles. The van der Waals surface area contributed by atoms with Crippen LogP contribution < -0.4 is 19.8 Å². The van der Waals surface area contributed by atoms with Crippen LogP contribution in [-0.4, -0.2) is 42.5 Å². The number of benzene rings is 7. The predicted octanol–water partition coefficient (Wildman–Crippen LogP) is 11.2. The Balaban J connectivity index is 0.973. The van der Waals surface area contributed by atoms with Crippen LogP contribution in [0.3, 0.4) is 0 Å². The first-order valence-corrected chi connectivity index (χ1v) is 21.7.